The van der Waals surface area contributed by atoms with E-state index < -0.39 is 10.0 Å². The molecule has 1 fully saturated rings. The summed E-state index contributed by atoms with van der Waals surface area (Å²) in [4.78, 5) is 14.8. The van der Waals surface area contributed by atoms with Crippen LogP contribution in [0.1, 0.15) is 30.1 Å². The molecule has 162 valence electrons. The number of morpholine rings is 1. The van der Waals surface area contributed by atoms with E-state index in [1.165, 1.54) is 12.1 Å². The molecule has 3 rings (SSSR count). The van der Waals surface area contributed by atoms with Crippen LogP contribution in [0.3, 0.4) is 0 Å². The van der Waals surface area contributed by atoms with E-state index in [0.29, 0.717) is 25.3 Å². The standard InChI is InChI=1S/C21H28N4O4S/c1-16(18-8-5-9-19(14-18)30(22,27)28)24-21(26)23-15-20(17-6-3-2-4-7-17)25-10-12-29-13-11-25/h2-9,14,16,20H,10-13,15H2,1H3,(H2,22,27,28)(H2,23,24,26). The van der Waals surface area contributed by atoms with Crippen LogP contribution in [0.4, 0.5) is 4.79 Å². The Balaban J connectivity index is 1.63. The Hall–Kier alpha value is -2.46. The quantitative estimate of drug-likeness (QED) is 0.617. The molecule has 1 aliphatic heterocycles. The number of hydrogen-bond acceptors (Lipinski definition) is 5. The first-order valence-electron chi connectivity index (χ1n) is 9.88. The predicted octanol–water partition coefficient (Wildman–Crippen LogP) is 1.77. The minimum atomic E-state index is -3.80. The summed E-state index contributed by atoms with van der Waals surface area (Å²) in [5.41, 5.74) is 1.79. The van der Waals surface area contributed by atoms with Gasteiger partial charge in [0, 0.05) is 19.6 Å². The van der Waals surface area contributed by atoms with Gasteiger partial charge in [-0.15, -0.1) is 0 Å². The molecule has 0 saturated carbocycles. The average molecular weight is 433 g/mol. The number of amides is 2. The van der Waals surface area contributed by atoms with Crippen molar-refractivity contribution in [3.63, 3.8) is 0 Å². The fraction of sp³-hybridized carbons (Fsp3) is 0.381. The molecule has 2 unspecified atom stereocenters. The molecule has 2 aromatic rings. The number of primary sulfonamides is 1. The van der Waals surface area contributed by atoms with Crippen LogP contribution in [0.15, 0.2) is 59.5 Å². The first kappa shape index (κ1) is 22.2. The lowest BCUT2D eigenvalue weighted by Gasteiger charge is -2.35. The van der Waals surface area contributed by atoms with E-state index in [0.717, 1.165) is 18.7 Å². The van der Waals surface area contributed by atoms with Gasteiger partial charge in [-0.2, -0.15) is 0 Å². The lowest BCUT2D eigenvalue weighted by atomic mass is 10.0. The summed E-state index contributed by atoms with van der Waals surface area (Å²) in [6.07, 6.45) is 0. The van der Waals surface area contributed by atoms with Crippen LogP contribution in [0.25, 0.3) is 0 Å². The number of nitrogens with one attached hydrogen (secondary N) is 2. The zero-order valence-corrected chi connectivity index (χ0v) is 17.8. The summed E-state index contributed by atoms with van der Waals surface area (Å²) >= 11 is 0. The van der Waals surface area contributed by atoms with Crippen molar-refractivity contribution >= 4 is 16.1 Å². The number of hydrogen-bond donors (Lipinski definition) is 3. The number of ether oxygens (including phenoxy) is 1. The van der Waals surface area contributed by atoms with Crippen molar-refractivity contribution in [3.05, 3.63) is 65.7 Å². The Morgan fingerprint density at radius 1 is 1.10 bits per heavy atom. The van der Waals surface area contributed by atoms with Crippen LogP contribution in [0.2, 0.25) is 0 Å². The average Bonchev–Trinajstić information content (AvgIpc) is 2.75. The first-order valence-corrected chi connectivity index (χ1v) is 11.4. The number of nitrogens with two attached hydrogens (primary N) is 1. The number of nitrogens with zero attached hydrogens (tertiary/aromatic N) is 1. The van der Waals surface area contributed by atoms with E-state index in [2.05, 4.69) is 27.7 Å². The Bertz CT molecular complexity index is 946. The fourth-order valence-electron chi connectivity index (χ4n) is 3.50. The second-order valence-corrected chi connectivity index (χ2v) is 8.83. The molecule has 8 nitrogen and oxygen atoms in total. The van der Waals surface area contributed by atoms with Crippen LogP contribution >= 0.6 is 0 Å². The SMILES string of the molecule is CC(NC(=O)NCC(c1ccccc1)N1CCOCC1)c1cccc(S(N)(=O)=O)c1. The largest absolute Gasteiger partial charge is 0.379 e. The second-order valence-electron chi connectivity index (χ2n) is 7.27. The Kier molecular flexibility index (Phi) is 7.43. The van der Waals surface area contributed by atoms with Gasteiger partial charge in [-0.1, -0.05) is 42.5 Å². The van der Waals surface area contributed by atoms with Crippen molar-refractivity contribution in [3.8, 4) is 0 Å². The van der Waals surface area contributed by atoms with Crippen molar-refractivity contribution in [2.24, 2.45) is 5.14 Å². The van der Waals surface area contributed by atoms with Crippen LogP contribution in [0.5, 0.6) is 0 Å². The highest BCUT2D eigenvalue weighted by atomic mass is 32.2. The van der Waals surface area contributed by atoms with Gasteiger partial charge in [-0.25, -0.2) is 18.4 Å². The number of carbonyl (C=O) groups excluding carboxylic acids is 1. The lowest BCUT2D eigenvalue weighted by Crippen LogP contribution is -2.46. The molecule has 1 heterocycles. The maximum absolute atomic E-state index is 12.5. The molecule has 9 heteroatoms. The van der Waals surface area contributed by atoms with Gasteiger partial charge in [0.25, 0.3) is 0 Å². The van der Waals surface area contributed by atoms with Gasteiger partial charge >= 0.3 is 6.03 Å². The highest BCUT2D eigenvalue weighted by molar-refractivity contribution is 7.89. The zero-order chi connectivity index (χ0) is 21.6. The van der Waals surface area contributed by atoms with Gasteiger partial charge in [-0.05, 0) is 30.2 Å². The van der Waals surface area contributed by atoms with Crippen molar-refractivity contribution < 1.29 is 17.9 Å². The molecule has 0 bridgehead atoms. The van der Waals surface area contributed by atoms with Gasteiger partial charge in [0.1, 0.15) is 0 Å². The van der Waals surface area contributed by atoms with Crippen LogP contribution in [-0.2, 0) is 14.8 Å². The number of rotatable bonds is 7. The van der Waals surface area contributed by atoms with E-state index in [9.17, 15) is 13.2 Å². The Morgan fingerprint density at radius 3 is 2.43 bits per heavy atom. The van der Waals surface area contributed by atoms with Gasteiger partial charge < -0.3 is 15.4 Å². The number of sulfonamides is 1. The smallest absolute Gasteiger partial charge is 0.315 e. The summed E-state index contributed by atoms with van der Waals surface area (Å²) in [6.45, 7) is 5.19. The molecule has 1 aliphatic rings. The zero-order valence-electron chi connectivity index (χ0n) is 17.0. The third kappa shape index (κ3) is 6.02. The molecule has 2 aromatic carbocycles. The number of benzene rings is 2. The summed E-state index contributed by atoms with van der Waals surface area (Å²) in [7, 11) is -3.80. The minimum absolute atomic E-state index is 0.0190. The third-order valence-corrected chi connectivity index (χ3v) is 6.07. The van der Waals surface area contributed by atoms with Crippen molar-refractivity contribution in [2.45, 2.75) is 23.9 Å². The van der Waals surface area contributed by atoms with Gasteiger partial charge in [0.05, 0.1) is 30.2 Å². The van der Waals surface area contributed by atoms with Crippen molar-refractivity contribution in [1.29, 1.82) is 0 Å². The van der Waals surface area contributed by atoms with Crippen molar-refractivity contribution in [1.82, 2.24) is 15.5 Å². The molecular weight excluding hydrogens is 404 g/mol. The van der Waals surface area contributed by atoms with E-state index in [1.54, 1.807) is 19.1 Å². The monoisotopic (exact) mass is 432 g/mol. The lowest BCUT2D eigenvalue weighted by molar-refractivity contribution is 0.0167. The van der Waals surface area contributed by atoms with E-state index in [1.807, 2.05) is 18.2 Å². The fourth-order valence-corrected chi connectivity index (χ4v) is 4.07. The van der Waals surface area contributed by atoms with Crippen LogP contribution in [-0.4, -0.2) is 52.2 Å². The molecule has 30 heavy (non-hydrogen) atoms. The summed E-state index contributed by atoms with van der Waals surface area (Å²) < 4.78 is 28.6. The Morgan fingerprint density at radius 2 is 1.77 bits per heavy atom. The molecule has 2 amide bonds. The molecule has 1 saturated heterocycles. The second kappa shape index (κ2) is 10.0. The predicted molar refractivity (Wildman–Crippen MR) is 114 cm³/mol. The normalized spacial score (nSPS) is 17.1. The highest BCUT2D eigenvalue weighted by Gasteiger charge is 2.23. The maximum atomic E-state index is 12.5. The van der Waals surface area contributed by atoms with E-state index in [-0.39, 0.29) is 23.0 Å². The molecule has 2 atom stereocenters. The number of urea groups is 1. The molecule has 0 aliphatic carbocycles. The van der Waals surface area contributed by atoms with E-state index >= 15 is 0 Å². The van der Waals surface area contributed by atoms with Crippen LogP contribution in [0, 0.1) is 0 Å². The third-order valence-electron chi connectivity index (χ3n) is 5.16. The van der Waals surface area contributed by atoms with Gasteiger partial charge in [0.2, 0.25) is 10.0 Å². The molecule has 0 aromatic heterocycles. The van der Waals surface area contributed by atoms with Crippen LogP contribution < -0.4 is 15.8 Å². The first-order chi connectivity index (χ1) is 14.3. The highest BCUT2D eigenvalue weighted by Crippen LogP contribution is 2.21. The van der Waals surface area contributed by atoms with Gasteiger partial charge in [0.15, 0.2) is 0 Å². The maximum Gasteiger partial charge on any atom is 0.315 e. The summed E-state index contributed by atoms with van der Waals surface area (Å²) in [5, 5.41) is 11.0. The summed E-state index contributed by atoms with van der Waals surface area (Å²) in [6, 6.07) is 15.7. The molecular formula is C21H28N4O4S. The van der Waals surface area contributed by atoms with E-state index in [4.69, 9.17) is 9.88 Å². The molecule has 0 spiro atoms. The topological polar surface area (TPSA) is 114 Å². The summed E-state index contributed by atoms with van der Waals surface area (Å²) in [5.74, 6) is 0. The molecule has 4 N–H and O–H groups in total. The minimum Gasteiger partial charge on any atom is -0.379 e. The Labute approximate surface area is 177 Å². The van der Waals surface area contributed by atoms with Crippen molar-refractivity contribution in [2.75, 3.05) is 32.8 Å². The van der Waals surface area contributed by atoms with Gasteiger partial charge in [-0.3, -0.25) is 4.90 Å². The number of carbonyl (C=O) groups is 1. The molecule has 0 radical (unpaired) electrons.